The molecule has 5 nitrogen and oxygen atoms in total. The molecule has 0 fully saturated rings. The van der Waals surface area contributed by atoms with Gasteiger partial charge in [0.05, 0.1) is 12.6 Å². The first-order valence-electron chi connectivity index (χ1n) is 8.54. The molecule has 1 aliphatic rings. The first kappa shape index (κ1) is 16.1. The highest BCUT2D eigenvalue weighted by Gasteiger charge is 2.24. The Hall–Kier alpha value is -3.34. The Morgan fingerprint density at radius 3 is 2.58 bits per heavy atom. The van der Waals surface area contributed by atoms with Crippen LogP contribution in [-0.2, 0) is 0 Å². The molecule has 1 unspecified atom stereocenters. The van der Waals surface area contributed by atoms with Gasteiger partial charge in [-0.05, 0) is 23.8 Å². The molecule has 3 aromatic rings. The summed E-state index contributed by atoms with van der Waals surface area (Å²) in [6.07, 6.45) is 0.669. The minimum Gasteiger partial charge on any atom is -0.493 e. The fraction of sp³-hybridized carbons (Fsp3) is 0.143. The lowest BCUT2D eigenvalue weighted by molar-refractivity contribution is 0.0923. The van der Waals surface area contributed by atoms with Gasteiger partial charge in [0, 0.05) is 17.7 Å². The number of carbonyl (C=O) groups is 1. The number of benzene rings is 2. The molecule has 0 spiro atoms. The monoisotopic (exact) mass is 346 g/mol. The van der Waals surface area contributed by atoms with Crippen molar-refractivity contribution in [3.63, 3.8) is 0 Å². The van der Waals surface area contributed by atoms with Crippen LogP contribution in [0, 0.1) is 0 Å². The van der Waals surface area contributed by atoms with Crippen molar-refractivity contribution >= 4 is 5.91 Å². The summed E-state index contributed by atoms with van der Waals surface area (Å²) in [6.45, 7) is 0.533. The zero-order valence-electron chi connectivity index (χ0n) is 14.1. The third-order valence-corrected chi connectivity index (χ3v) is 4.50. The summed E-state index contributed by atoms with van der Waals surface area (Å²) < 4.78 is 5.61. The number of aromatic amines is 1. The predicted molar refractivity (Wildman–Crippen MR) is 99.3 cm³/mol. The number of fused-ring (bicyclic) bond motifs is 1. The molecule has 1 aliphatic heterocycles. The Kier molecular flexibility index (Phi) is 4.27. The van der Waals surface area contributed by atoms with Crippen molar-refractivity contribution in [2.24, 2.45) is 0 Å². The van der Waals surface area contributed by atoms with Crippen molar-refractivity contribution in [1.29, 1.82) is 0 Å². The lowest BCUT2D eigenvalue weighted by atomic mass is 10.00. The molecule has 0 bridgehead atoms. The first-order chi connectivity index (χ1) is 12.7. The van der Waals surface area contributed by atoms with Crippen LogP contribution in [0.3, 0.4) is 0 Å². The highest BCUT2D eigenvalue weighted by molar-refractivity contribution is 5.94. The van der Waals surface area contributed by atoms with E-state index in [0.29, 0.717) is 18.7 Å². The first-order valence-corrected chi connectivity index (χ1v) is 8.54. The van der Waals surface area contributed by atoms with Gasteiger partial charge in [-0.3, -0.25) is 9.59 Å². The van der Waals surface area contributed by atoms with E-state index in [-0.39, 0.29) is 17.5 Å². The third kappa shape index (κ3) is 3.11. The van der Waals surface area contributed by atoms with Crippen molar-refractivity contribution in [2.75, 3.05) is 6.61 Å². The predicted octanol–water partition coefficient (Wildman–Crippen LogP) is 3.30. The molecule has 1 amide bonds. The van der Waals surface area contributed by atoms with Crippen molar-refractivity contribution in [3.05, 3.63) is 88.2 Å². The van der Waals surface area contributed by atoms with Crippen LogP contribution in [0.5, 0.6) is 5.75 Å². The zero-order valence-corrected chi connectivity index (χ0v) is 14.1. The quantitative estimate of drug-likeness (QED) is 0.764. The van der Waals surface area contributed by atoms with Gasteiger partial charge in [0.15, 0.2) is 0 Å². The van der Waals surface area contributed by atoms with E-state index in [9.17, 15) is 9.59 Å². The largest absolute Gasteiger partial charge is 0.493 e. The average molecular weight is 346 g/mol. The van der Waals surface area contributed by atoms with Crippen molar-refractivity contribution < 1.29 is 9.53 Å². The second kappa shape index (κ2) is 6.88. The number of aromatic nitrogens is 1. The van der Waals surface area contributed by atoms with Crippen LogP contribution in [0.4, 0.5) is 0 Å². The van der Waals surface area contributed by atoms with E-state index in [1.165, 1.54) is 0 Å². The number of hydrogen-bond donors (Lipinski definition) is 2. The number of carbonyl (C=O) groups excluding carboxylic acids is 1. The van der Waals surface area contributed by atoms with E-state index in [1.807, 2.05) is 54.6 Å². The average Bonchev–Trinajstić information content (AvgIpc) is 2.69. The molecule has 130 valence electrons. The molecule has 2 heterocycles. The van der Waals surface area contributed by atoms with Crippen molar-refractivity contribution in [3.8, 4) is 17.0 Å². The van der Waals surface area contributed by atoms with E-state index in [0.717, 1.165) is 16.9 Å². The minimum atomic E-state index is -0.399. The standard InChI is InChI=1S/C21H18N2O3/c24-20-16(10-11-17(22-20)14-6-2-1-3-7-14)21(25)23-18-12-13-26-19-9-5-4-8-15(18)19/h1-11,18H,12-13H2,(H,22,24)(H,23,25). The van der Waals surface area contributed by atoms with E-state index >= 15 is 0 Å². The van der Waals surface area contributed by atoms with Crippen LogP contribution in [0.1, 0.15) is 28.4 Å². The molecule has 2 N–H and O–H groups in total. The Bertz CT molecular complexity index is 995. The molecule has 1 aromatic heterocycles. The van der Waals surface area contributed by atoms with Crippen molar-refractivity contribution in [1.82, 2.24) is 10.3 Å². The van der Waals surface area contributed by atoms with Crippen LogP contribution in [-0.4, -0.2) is 17.5 Å². The van der Waals surface area contributed by atoms with E-state index in [4.69, 9.17) is 4.74 Å². The highest BCUT2D eigenvalue weighted by Crippen LogP contribution is 2.31. The maximum absolute atomic E-state index is 12.6. The number of para-hydroxylation sites is 1. The third-order valence-electron chi connectivity index (χ3n) is 4.50. The summed E-state index contributed by atoms with van der Waals surface area (Å²) >= 11 is 0. The van der Waals surface area contributed by atoms with Gasteiger partial charge in [0.1, 0.15) is 11.3 Å². The smallest absolute Gasteiger partial charge is 0.261 e. The van der Waals surface area contributed by atoms with Gasteiger partial charge in [0.25, 0.3) is 11.5 Å². The lowest BCUT2D eigenvalue weighted by Crippen LogP contribution is -2.35. The summed E-state index contributed by atoms with van der Waals surface area (Å²) in [5.74, 6) is 0.393. The maximum atomic E-state index is 12.6. The Labute approximate surface area is 150 Å². The number of rotatable bonds is 3. The second-order valence-electron chi connectivity index (χ2n) is 6.18. The summed E-state index contributed by atoms with van der Waals surface area (Å²) in [6, 6.07) is 20.3. The normalized spacial score (nSPS) is 15.6. The molecule has 0 saturated carbocycles. The molecule has 2 aromatic carbocycles. The Balaban J connectivity index is 1.57. The Morgan fingerprint density at radius 2 is 1.77 bits per heavy atom. The molecule has 4 rings (SSSR count). The number of hydrogen-bond acceptors (Lipinski definition) is 3. The van der Waals surface area contributed by atoms with Crippen molar-refractivity contribution in [2.45, 2.75) is 12.5 Å². The van der Waals surface area contributed by atoms with Crippen LogP contribution in [0.15, 0.2) is 71.5 Å². The number of ether oxygens (including phenoxy) is 1. The Morgan fingerprint density at radius 1 is 1.00 bits per heavy atom. The lowest BCUT2D eigenvalue weighted by Gasteiger charge is -2.26. The number of nitrogens with one attached hydrogen (secondary N) is 2. The van der Waals surface area contributed by atoms with Crippen LogP contribution in [0.25, 0.3) is 11.3 Å². The summed E-state index contributed by atoms with van der Waals surface area (Å²) in [4.78, 5) is 27.8. The van der Waals surface area contributed by atoms with Gasteiger partial charge in [-0.2, -0.15) is 0 Å². The van der Waals surface area contributed by atoms with Crippen LogP contribution >= 0.6 is 0 Å². The maximum Gasteiger partial charge on any atom is 0.261 e. The second-order valence-corrected chi connectivity index (χ2v) is 6.18. The molecule has 0 aliphatic carbocycles. The molecule has 26 heavy (non-hydrogen) atoms. The minimum absolute atomic E-state index is 0.105. The summed E-state index contributed by atoms with van der Waals surface area (Å²) in [7, 11) is 0. The molecule has 5 heteroatoms. The van der Waals surface area contributed by atoms with Gasteiger partial charge in [0.2, 0.25) is 0 Å². The molecule has 0 saturated heterocycles. The van der Waals surface area contributed by atoms with Gasteiger partial charge in [-0.25, -0.2) is 0 Å². The highest BCUT2D eigenvalue weighted by atomic mass is 16.5. The molecule has 0 radical (unpaired) electrons. The number of pyridine rings is 1. The van der Waals surface area contributed by atoms with Gasteiger partial charge in [-0.1, -0.05) is 48.5 Å². The summed E-state index contributed by atoms with van der Waals surface area (Å²) in [5.41, 5.74) is 2.22. The number of amides is 1. The van der Waals surface area contributed by atoms with Gasteiger partial charge in [-0.15, -0.1) is 0 Å². The van der Waals surface area contributed by atoms with E-state index in [2.05, 4.69) is 10.3 Å². The van der Waals surface area contributed by atoms with Crippen LogP contribution in [0.2, 0.25) is 0 Å². The van der Waals surface area contributed by atoms with E-state index in [1.54, 1.807) is 12.1 Å². The van der Waals surface area contributed by atoms with Gasteiger partial charge < -0.3 is 15.0 Å². The molecular formula is C21H18N2O3. The van der Waals surface area contributed by atoms with Crippen LogP contribution < -0.4 is 15.6 Å². The fourth-order valence-electron chi connectivity index (χ4n) is 3.17. The topological polar surface area (TPSA) is 71.2 Å². The zero-order chi connectivity index (χ0) is 17.9. The SMILES string of the molecule is O=C(NC1CCOc2ccccc21)c1ccc(-c2ccccc2)[nH]c1=O. The fourth-order valence-corrected chi connectivity index (χ4v) is 3.17. The summed E-state index contributed by atoms with van der Waals surface area (Å²) in [5, 5.41) is 2.95. The molecule has 1 atom stereocenters. The number of H-pyrrole nitrogens is 1. The van der Waals surface area contributed by atoms with Gasteiger partial charge >= 0.3 is 0 Å². The van der Waals surface area contributed by atoms with E-state index < -0.39 is 5.56 Å². The molecular weight excluding hydrogens is 328 g/mol.